The predicted molar refractivity (Wildman–Crippen MR) is 155 cm³/mol. The molecule has 0 amide bonds. The first-order chi connectivity index (χ1) is 15.0. The van der Waals surface area contributed by atoms with Gasteiger partial charge in [0.1, 0.15) is 0 Å². The Labute approximate surface area is 224 Å². The highest BCUT2D eigenvalue weighted by Gasteiger charge is 2.57. The molecule has 0 radical (unpaired) electrons. The lowest BCUT2D eigenvalue weighted by atomic mass is 9.56. The first-order valence-corrected chi connectivity index (χ1v) is 16.9. The molecular weight excluding hydrogens is 479 g/mol. The Kier molecular flexibility index (Phi) is 13.3. The monoisotopic (exact) mass is 534 g/mol. The predicted octanol–water partition coefficient (Wildman–Crippen LogP) is 9.62. The van der Waals surface area contributed by atoms with E-state index in [-0.39, 0.29) is 23.2 Å². The van der Waals surface area contributed by atoms with Gasteiger partial charge in [0.15, 0.2) is 8.32 Å². The molecule has 0 bridgehead atoms. The fourth-order valence-corrected chi connectivity index (χ4v) is 7.90. The van der Waals surface area contributed by atoms with Gasteiger partial charge >= 0.3 is 0 Å². The zero-order valence-electron chi connectivity index (χ0n) is 23.0. The Morgan fingerprint density at radius 2 is 1.62 bits per heavy atom. The van der Waals surface area contributed by atoms with E-state index in [0.717, 1.165) is 25.7 Å². The molecule has 5 heteroatoms. The molecule has 202 valence electrons. The number of hydrogen-bond donors (Lipinski definition) is 1. The van der Waals surface area contributed by atoms with Crippen LogP contribution in [0.4, 0.5) is 0 Å². The van der Waals surface area contributed by atoms with E-state index in [1.165, 1.54) is 32.1 Å². The van der Waals surface area contributed by atoms with E-state index in [0.29, 0.717) is 23.4 Å². The molecule has 2 aliphatic rings. The van der Waals surface area contributed by atoms with Gasteiger partial charge in [-0.1, -0.05) is 54.9 Å². The summed E-state index contributed by atoms with van der Waals surface area (Å²) < 4.78 is 7.03. The van der Waals surface area contributed by atoms with Crippen LogP contribution < -0.4 is 0 Å². The summed E-state index contributed by atoms with van der Waals surface area (Å²) in [6, 6.07) is 0. The van der Waals surface area contributed by atoms with Crippen LogP contribution in [0.15, 0.2) is 0 Å². The van der Waals surface area contributed by atoms with Crippen molar-refractivity contribution in [3.63, 3.8) is 0 Å². The molecule has 0 aromatic rings. The largest absolute Gasteiger partial charge is 0.414 e. The molecule has 0 aromatic heterocycles. The van der Waals surface area contributed by atoms with Crippen molar-refractivity contribution in [2.75, 3.05) is 5.34 Å². The molecule has 1 N–H and O–H groups in total. The van der Waals surface area contributed by atoms with Crippen LogP contribution in [0.2, 0.25) is 18.1 Å². The van der Waals surface area contributed by atoms with Crippen molar-refractivity contribution in [1.82, 2.24) is 0 Å². The van der Waals surface area contributed by atoms with Crippen LogP contribution >= 0.6 is 23.2 Å². The normalized spacial score (nSPS) is 29.1. The second-order valence-corrected chi connectivity index (χ2v) is 18.9. The number of fused-ring (bicyclic) bond motifs is 1. The summed E-state index contributed by atoms with van der Waals surface area (Å²) in [6.45, 7) is 20.7. The second-order valence-electron chi connectivity index (χ2n) is 13.4. The molecule has 2 rings (SSSR count). The summed E-state index contributed by atoms with van der Waals surface area (Å²) in [7, 11) is -1.77. The lowest BCUT2D eigenvalue weighted by Crippen LogP contribution is -2.51. The average molecular weight is 536 g/mol. The summed E-state index contributed by atoms with van der Waals surface area (Å²) in [5.74, 6) is 4.34. The molecule has 5 atom stereocenters. The van der Waals surface area contributed by atoms with Gasteiger partial charge < -0.3 is 9.53 Å². The van der Waals surface area contributed by atoms with Gasteiger partial charge in [0.2, 0.25) is 0 Å². The van der Waals surface area contributed by atoms with Crippen molar-refractivity contribution in [1.29, 1.82) is 0 Å². The number of aliphatic hydroxyl groups is 1. The maximum Gasteiger partial charge on any atom is 0.192 e. The number of terminal acetylenes is 1. The maximum absolute atomic E-state index is 10.2. The van der Waals surface area contributed by atoms with Gasteiger partial charge in [-0.25, -0.2) is 0 Å². The second kappa shape index (κ2) is 13.2. The molecule has 2 fully saturated rings. The average Bonchev–Trinajstić information content (AvgIpc) is 2.99. The van der Waals surface area contributed by atoms with Crippen molar-refractivity contribution in [3.05, 3.63) is 0 Å². The zero-order chi connectivity index (χ0) is 25.7. The minimum Gasteiger partial charge on any atom is -0.414 e. The molecule has 0 heterocycles. The van der Waals surface area contributed by atoms with Crippen LogP contribution in [0.5, 0.6) is 0 Å². The van der Waals surface area contributed by atoms with Gasteiger partial charge in [-0.3, -0.25) is 0 Å². The van der Waals surface area contributed by atoms with Crippen molar-refractivity contribution in [3.8, 4) is 12.3 Å². The van der Waals surface area contributed by atoms with Crippen LogP contribution in [0.1, 0.15) is 114 Å². The Morgan fingerprint density at radius 3 is 2.09 bits per heavy atom. The first-order valence-electron chi connectivity index (χ1n) is 12.9. The van der Waals surface area contributed by atoms with Crippen LogP contribution in [0, 0.1) is 35.0 Å². The number of alkyl halides is 2. The zero-order valence-corrected chi connectivity index (χ0v) is 25.5. The molecule has 0 spiro atoms. The quantitative estimate of drug-likeness (QED) is 0.190. The number of rotatable bonds is 8. The molecule has 2 aliphatic carbocycles. The fraction of sp³-hybridized carbons (Fsp3) is 0.931. The molecule has 2 saturated carbocycles. The third-order valence-electron chi connectivity index (χ3n) is 9.20. The van der Waals surface area contributed by atoms with Gasteiger partial charge in [0.05, 0.1) is 10.9 Å². The fourth-order valence-electron chi connectivity index (χ4n) is 6.50. The van der Waals surface area contributed by atoms with Crippen LogP contribution in [-0.2, 0) is 4.43 Å². The van der Waals surface area contributed by atoms with E-state index in [1.807, 2.05) is 13.8 Å². The van der Waals surface area contributed by atoms with Crippen molar-refractivity contribution in [2.24, 2.45) is 22.7 Å². The van der Waals surface area contributed by atoms with Crippen molar-refractivity contribution < 1.29 is 9.53 Å². The van der Waals surface area contributed by atoms with Crippen LogP contribution in [0.3, 0.4) is 0 Å². The molecule has 2 unspecified atom stereocenters. The highest BCUT2D eigenvalue weighted by molar-refractivity contribution is 6.74. The van der Waals surface area contributed by atoms with Gasteiger partial charge in [-0.2, -0.15) is 0 Å². The van der Waals surface area contributed by atoms with Gasteiger partial charge in [0, 0.05) is 12.5 Å². The first kappa shape index (κ1) is 34.3. The Balaban J connectivity index is 0.00000258. The summed E-state index contributed by atoms with van der Waals surface area (Å²) in [5.41, 5.74) is -0.111. The highest BCUT2D eigenvalue weighted by atomic mass is 35.5. The number of halogens is 2. The van der Waals surface area contributed by atoms with Crippen molar-refractivity contribution >= 4 is 31.5 Å². The maximum atomic E-state index is 10.2. The molecule has 0 saturated heterocycles. The third kappa shape index (κ3) is 8.69. The minimum atomic E-state index is -1.77. The number of hydrogen-bond acceptors (Lipinski definition) is 2. The lowest BCUT2D eigenvalue weighted by molar-refractivity contribution is -0.0444. The molecule has 2 nitrogen and oxygen atoms in total. The standard InChI is InChI=1S/C27H50O2Si.CH2Cl2.CH4/c1-11-17-26(7,19-13-18-25(5,6)28)23-16-15-21-22(14-12-20-27(21,23)8)29-30(9,10)24(2,3)4;2-1-3;/h1,21-23,28H,12-20H2,2-10H3;1H2;1H4/t21?,22-,23+,26?,27-;;/m0../s1. The Hall–Kier alpha value is 0.277. The van der Waals surface area contributed by atoms with Crippen LogP contribution in [0.25, 0.3) is 0 Å². The highest BCUT2D eigenvalue weighted by Crippen LogP contribution is 2.63. The van der Waals surface area contributed by atoms with E-state index in [1.54, 1.807) is 0 Å². The van der Waals surface area contributed by atoms with E-state index >= 15 is 0 Å². The molecule has 0 aliphatic heterocycles. The Bertz CT molecular complexity index is 646. The van der Waals surface area contributed by atoms with E-state index in [4.69, 9.17) is 34.1 Å². The van der Waals surface area contributed by atoms with E-state index in [2.05, 4.69) is 53.6 Å². The summed E-state index contributed by atoms with van der Waals surface area (Å²) in [6.07, 6.45) is 16.5. The van der Waals surface area contributed by atoms with E-state index in [9.17, 15) is 5.11 Å². The molecule has 34 heavy (non-hydrogen) atoms. The van der Waals surface area contributed by atoms with Crippen molar-refractivity contribution in [2.45, 2.75) is 144 Å². The summed E-state index contributed by atoms with van der Waals surface area (Å²) in [4.78, 5) is 0. The SMILES string of the molecule is C.C#CCC(C)(CCCC(C)(C)O)[C@H]1CCC2[C@@H](O[Si](C)(C)C(C)(C)C)CCC[C@@]21C.ClCCl. The van der Waals surface area contributed by atoms with Crippen LogP contribution in [-0.4, -0.2) is 30.5 Å². The minimum absolute atomic E-state index is 0. The summed E-state index contributed by atoms with van der Waals surface area (Å²) in [5, 5.41) is 10.7. The van der Waals surface area contributed by atoms with Gasteiger partial charge in [-0.05, 0) is 93.2 Å². The topological polar surface area (TPSA) is 29.5 Å². The smallest absolute Gasteiger partial charge is 0.192 e. The molecular formula is C29H56Cl2O2Si. The lowest BCUT2D eigenvalue weighted by Gasteiger charge is -2.52. The summed E-state index contributed by atoms with van der Waals surface area (Å²) >= 11 is 9.53. The molecule has 0 aromatic carbocycles. The van der Waals surface area contributed by atoms with E-state index < -0.39 is 13.9 Å². The third-order valence-corrected chi connectivity index (χ3v) is 13.7. The van der Waals surface area contributed by atoms with Gasteiger partial charge in [-0.15, -0.1) is 35.5 Å². The Morgan fingerprint density at radius 1 is 1.06 bits per heavy atom. The van der Waals surface area contributed by atoms with Gasteiger partial charge in [0.25, 0.3) is 0 Å².